The lowest BCUT2D eigenvalue weighted by atomic mass is 9.81. The van der Waals surface area contributed by atoms with E-state index in [0.717, 1.165) is 34.2 Å². The maximum absolute atomic E-state index is 13.4. The minimum absolute atomic E-state index is 0.0911. The highest BCUT2D eigenvalue weighted by Crippen LogP contribution is 2.56. The predicted molar refractivity (Wildman–Crippen MR) is 134 cm³/mol. The number of nitrogens with one attached hydrogen (secondary N) is 2. The SMILES string of the molecule is O=C(COC(=O)[C@H](Cc1ccccc1)N1C(=O)[C@@H]2[C@H]3CC[C@@H](C3)[C@@H]2C1=O)NNC(=O)c1ccc(Br)cc1. The van der Waals surface area contributed by atoms with Crippen molar-refractivity contribution < 1.29 is 28.7 Å². The van der Waals surface area contributed by atoms with Crippen molar-refractivity contribution in [2.24, 2.45) is 23.7 Å². The van der Waals surface area contributed by atoms with Crippen molar-refractivity contribution in [2.75, 3.05) is 6.61 Å². The van der Waals surface area contributed by atoms with Gasteiger partial charge in [0.15, 0.2) is 6.61 Å². The van der Waals surface area contributed by atoms with E-state index in [0.29, 0.717) is 5.56 Å². The van der Waals surface area contributed by atoms with Crippen LogP contribution in [0, 0.1) is 23.7 Å². The van der Waals surface area contributed by atoms with E-state index in [-0.39, 0.29) is 41.9 Å². The summed E-state index contributed by atoms with van der Waals surface area (Å²) in [4.78, 5) is 65.4. The quantitative estimate of drug-likeness (QED) is 0.301. The van der Waals surface area contributed by atoms with Gasteiger partial charge in [-0.2, -0.15) is 0 Å². The molecule has 0 spiro atoms. The van der Waals surface area contributed by atoms with Gasteiger partial charge in [0.05, 0.1) is 11.8 Å². The van der Waals surface area contributed by atoms with Gasteiger partial charge in [0.1, 0.15) is 6.04 Å². The Hall–Kier alpha value is -3.53. The fraction of sp³-hybridized carbons (Fsp3) is 0.370. The molecule has 2 aromatic carbocycles. The molecular weight excluding hydrogens is 542 g/mol. The van der Waals surface area contributed by atoms with E-state index in [9.17, 15) is 24.0 Å². The number of hydrogen-bond acceptors (Lipinski definition) is 6. The lowest BCUT2D eigenvalue weighted by Gasteiger charge is -2.26. The average molecular weight is 568 g/mol. The maximum Gasteiger partial charge on any atom is 0.330 e. The molecule has 10 heteroatoms. The molecule has 3 aliphatic rings. The normalized spacial score (nSPS) is 24.5. The Morgan fingerprint density at radius 3 is 2.16 bits per heavy atom. The van der Waals surface area contributed by atoms with Crippen LogP contribution in [0.25, 0.3) is 0 Å². The maximum atomic E-state index is 13.4. The van der Waals surface area contributed by atoms with Gasteiger partial charge in [0, 0.05) is 16.5 Å². The van der Waals surface area contributed by atoms with Gasteiger partial charge in [-0.1, -0.05) is 46.3 Å². The Bertz CT molecular complexity index is 1210. The molecule has 5 rings (SSSR count). The van der Waals surface area contributed by atoms with Crippen LogP contribution in [0.5, 0.6) is 0 Å². The van der Waals surface area contributed by atoms with Gasteiger partial charge < -0.3 is 4.74 Å². The summed E-state index contributed by atoms with van der Waals surface area (Å²) in [5, 5.41) is 0. The second kappa shape index (κ2) is 10.5. The molecule has 4 amide bonds. The number of fused-ring (bicyclic) bond motifs is 5. The number of carbonyl (C=O) groups is 5. The van der Waals surface area contributed by atoms with Crippen LogP contribution in [0.1, 0.15) is 35.2 Å². The highest BCUT2D eigenvalue weighted by molar-refractivity contribution is 9.10. The first-order valence-electron chi connectivity index (χ1n) is 12.3. The van der Waals surface area contributed by atoms with E-state index < -0.39 is 30.4 Å². The first-order valence-corrected chi connectivity index (χ1v) is 13.0. The first kappa shape index (κ1) is 25.1. The summed E-state index contributed by atoms with van der Waals surface area (Å²) in [6, 6.07) is 14.4. The van der Waals surface area contributed by atoms with Crippen molar-refractivity contribution in [3.63, 3.8) is 0 Å². The number of imide groups is 1. The average Bonchev–Trinajstić information content (AvgIpc) is 3.59. The van der Waals surface area contributed by atoms with Crippen LogP contribution < -0.4 is 10.9 Å². The van der Waals surface area contributed by atoms with Crippen LogP contribution in [0.4, 0.5) is 0 Å². The van der Waals surface area contributed by atoms with Crippen LogP contribution in [0.3, 0.4) is 0 Å². The van der Waals surface area contributed by atoms with Crippen LogP contribution in [-0.4, -0.2) is 47.1 Å². The molecule has 37 heavy (non-hydrogen) atoms. The highest BCUT2D eigenvalue weighted by Gasteiger charge is 2.62. The fourth-order valence-corrected chi connectivity index (χ4v) is 6.19. The number of carbonyl (C=O) groups excluding carboxylic acids is 5. The number of benzene rings is 2. The third kappa shape index (κ3) is 5.02. The number of esters is 1. The van der Waals surface area contributed by atoms with Crippen LogP contribution in [-0.2, 0) is 30.3 Å². The van der Waals surface area contributed by atoms with Crippen molar-refractivity contribution in [2.45, 2.75) is 31.7 Å². The zero-order valence-corrected chi connectivity index (χ0v) is 21.5. The third-order valence-corrected chi connectivity index (χ3v) is 8.11. The Kier molecular flexibility index (Phi) is 7.10. The molecule has 1 heterocycles. The molecule has 1 saturated heterocycles. The van der Waals surface area contributed by atoms with Crippen LogP contribution in [0.15, 0.2) is 59.1 Å². The minimum atomic E-state index is -1.17. The fourth-order valence-electron chi connectivity index (χ4n) is 5.93. The van der Waals surface area contributed by atoms with Crippen molar-refractivity contribution in [1.29, 1.82) is 0 Å². The van der Waals surface area contributed by atoms with E-state index in [1.165, 1.54) is 0 Å². The molecule has 192 valence electrons. The van der Waals surface area contributed by atoms with Gasteiger partial charge in [-0.15, -0.1) is 0 Å². The highest BCUT2D eigenvalue weighted by atomic mass is 79.9. The van der Waals surface area contributed by atoms with Gasteiger partial charge in [0.2, 0.25) is 11.8 Å². The Morgan fingerprint density at radius 2 is 1.54 bits per heavy atom. The van der Waals surface area contributed by atoms with Crippen molar-refractivity contribution in [3.8, 4) is 0 Å². The number of ether oxygens (including phenoxy) is 1. The third-order valence-electron chi connectivity index (χ3n) is 7.58. The molecule has 0 unspecified atom stereocenters. The largest absolute Gasteiger partial charge is 0.454 e. The second-order valence-electron chi connectivity index (χ2n) is 9.75. The number of amides is 4. The molecule has 3 fully saturated rings. The Balaban J connectivity index is 1.24. The summed E-state index contributed by atoms with van der Waals surface area (Å²) in [5.74, 6) is -3.13. The number of halogens is 1. The van der Waals surface area contributed by atoms with Crippen LogP contribution in [0.2, 0.25) is 0 Å². The number of hydrogen-bond donors (Lipinski definition) is 2. The number of hydrazine groups is 1. The monoisotopic (exact) mass is 567 g/mol. The van der Waals surface area contributed by atoms with E-state index >= 15 is 0 Å². The van der Waals surface area contributed by atoms with E-state index in [2.05, 4.69) is 26.8 Å². The lowest BCUT2D eigenvalue weighted by molar-refractivity contribution is -0.160. The number of likely N-dealkylation sites (tertiary alicyclic amines) is 1. The Morgan fingerprint density at radius 1 is 0.919 bits per heavy atom. The van der Waals surface area contributed by atoms with Gasteiger partial charge in [-0.25, -0.2) is 4.79 Å². The lowest BCUT2D eigenvalue weighted by Crippen LogP contribution is -2.49. The standard InChI is InChI=1S/C27H26BrN3O6/c28-19-10-8-16(9-11-19)24(33)30-29-21(32)14-37-27(36)20(12-15-4-2-1-3-5-15)31-25(34)22-17-6-7-18(13-17)23(22)26(31)35/h1-5,8-11,17-18,20,22-23H,6-7,12-14H2,(H,29,32)(H,30,33)/t17-,18-,20-,22-,23+/m0/s1. The molecule has 2 aliphatic carbocycles. The summed E-state index contributed by atoms with van der Waals surface area (Å²) < 4.78 is 6.04. The topological polar surface area (TPSA) is 122 Å². The van der Waals surface area contributed by atoms with E-state index in [1.54, 1.807) is 36.4 Å². The van der Waals surface area contributed by atoms with Gasteiger partial charge in [-0.05, 0) is 60.9 Å². The zero-order chi connectivity index (χ0) is 26.1. The summed E-state index contributed by atoms with van der Waals surface area (Å²) in [6.07, 6.45) is 2.84. The molecule has 0 radical (unpaired) electrons. The van der Waals surface area contributed by atoms with Crippen LogP contribution >= 0.6 is 15.9 Å². The summed E-state index contributed by atoms with van der Waals surface area (Å²) >= 11 is 3.28. The molecule has 2 bridgehead atoms. The van der Waals surface area contributed by atoms with Gasteiger partial charge in [-0.3, -0.25) is 34.9 Å². The van der Waals surface area contributed by atoms with Crippen molar-refractivity contribution in [3.05, 3.63) is 70.2 Å². The van der Waals surface area contributed by atoms with Crippen molar-refractivity contribution in [1.82, 2.24) is 15.8 Å². The molecule has 2 aromatic rings. The number of nitrogens with zero attached hydrogens (tertiary/aromatic N) is 1. The molecule has 9 nitrogen and oxygen atoms in total. The Labute approximate surface area is 222 Å². The summed E-state index contributed by atoms with van der Waals surface area (Å²) in [6.45, 7) is -0.681. The second-order valence-corrected chi connectivity index (χ2v) is 10.7. The molecule has 0 aromatic heterocycles. The van der Waals surface area contributed by atoms with E-state index in [1.807, 2.05) is 18.2 Å². The van der Waals surface area contributed by atoms with Gasteiger partial charge in [0.25, 0.3) is 11.8 Å². The summed E-state index contributed by atoms with van der Waals surface area (Å²) in [7, 11) is 0. The predicted octanol–water partition coefficient (Wildman–Crippen LogP) is 2.40. The van der Waals surface area contributed by atoms with Crippen molar-refractivity contribution >= 4 is 45.5 Å². The first-order chi connectivity index (χ1) is 17.8. The molecule has 2 saturated carbocycles. The van der Waals surface area contributed by atoms with E-state index in [4.69, 9.17) is 4.74 Å². The number of rotatable bonds is 7. The van der Waals surface area contributed by atoms with Gasteiger partial charge >= 0.3 is 5.97 Å². The molecule has 1 aliphatic heterocycles. The molecular formula is C27H26BrN3O6. The minimum Gasteiger partial charge on any atom is -0.454 e. The zero-order valence-electron chi connectivity index (χ0n) is 19.9. The molecule has 5 atom stereocenters. The smallest absolute Gasteiger partial charge is 0.330 e. The molecule has 2 N–H and O–H groups in total. The summed E-state index contributed by atoms with van der Waals surface area (Å²) in [5.41, 5.74) is 5.55.